The van der Waals surface area contributed by atoms with Gasteiger partial charge in [-0.15, -0.1) is 10.2 Å². The van der Waals surface area contributed by atoms with Crippen LogP contribution in [-0.2, 0) is 4.79 Å². The zero-order chi connectivity index (χ0) is 23.2. The minimum absolute atomic E-state index is 0.128. The third-order valence-electron chi connectivity index (χ3n) is 4.69. The maximum Gasteiger partial charge on any atom is 0.250 e. The van der Waals surface area contributed by atoms with Crippen LogP contribution in [0.1, 0.15) is 12.5 Å². The lowest BCUT2D eigenvalue weighted by molar-refractivity contribution is -0.118. The van der Waals surface area contributed by atoms with Crippen LogP contribution in [-0.4, -0.2) is 32.1 Å². The van der Waals surface area contributed by atoms with E-state index in [1.54, 1.807) is 13.0 Å². The van der Waals surface area contributed by atoms with Gasteiger partial charge < -0.3 is 0 Å². The molecule has 0 spiro atoms. The van der Waals surface area contributed by atoms with E-state index in [9.17, 15) is 4.79 Å². The molecule has 0 atom stereocenters. The molecule has 1 heterocycles. The summed E-state index contributed by atoms with van der Waals surface area (Å²) in [6, 6.07) is 25.0. The van der Waals surface area contributed by atoms with Crippen LogP contribution >= 0.6 is 39.3 Å². The molecule has 4 rings (SSSR count). The van der Waals surface area contributed by atoms with Crippen molar-refractivity contribution < 1.29 is 4.79 Å². The molecule has 6 nitrogen and oxygen atoms in total. The third kappa shape index (κ3) is 5.71. The minimum Gasteiger partial charge on any atom is -0.272 e. The predicted octanol–water partition coefficient (Wildman–Crippen LogP) is 5.98. The van der Waals surface area contributed by atoms with Crippen molar-refractivity contribution >= 4 is 50.9 Å². The van der Waals surface area contributed by atoms with E-state index in [0.717, 1.165) is 21.3 Å². The van der Waals surface area contributed by atoms with E-state index in [1.807, 2.05) is 77.4 Å². The van der Waals surface area contributed by atoms with Crippen molar-refractivity contribution in [1.82, 2.24) is 20.2 Å². The van der Waals surface area contributed by atoms with E-state index in [4.69, 9.17) is 11.6 Å². The highest BCUT2D eigenvalue weighted by atomic mass is 79.9. The SMILES string of the molecule is C/C(=N\NC(=O)CSc1nnc(-c2ccccc2)n1-c1ccc(Br)cc1)c1ccccc1Cl. The maximum atomic E-state index is 12.5. The van der Waals surface area contributed by atoms with Crippen LogP contribution in [0.5, 0.6) is 0 Å². The Balaban J connectivity index is 1.53. The molecular formula is C24H19BrClN5OS. The molecule has 166 valence electrons. The molecule has 0 saturated carbocycles. The lowest BCUT2D eigenvalue weighted by Gasteiger charge is -2.10. The van der Waals surface area contributed by atoms with Crippen LogP contribution in [0, 0.1) is 0 Å². The second-order valence-corrected chi connectivity index (χ2v) is 9.25. The highest BCUT2D eigenvalue weighted by Gasteiger charge is 2.17. The van der Waals surface area contributed by atoms with E-state index in [2.05, 4.69) is 36.7 Å². The molecule has 33 heavy (non-hydrogen) atoms. The normalized spacial score (nSPS) is 11.4. The Morgan fingerprint density at radius 1 is 1.03 bits per heavy atom. The van der Waals surface area contributed by atoms with Crippen LogP contribution in [0.25, 0.3) is 17.1 Å². The summed E-state index contributed by atoms with van der Waals surface area (Å²) in [5.41, 5.74) is 5.83. The van der Waals surface area contributed by atoms with Crippen molar-refractivity contribution in [2.24, 2.45) is 5.10 Å². The number of carbonyl (C=O) groups excluding carboxylic acids is 1. The van der Waals surface area contributed by atoms with E-state index in [-0.39, 0.29) is 11.7 Å². The third-order valence-corrected chi connectivity index (χ3v) is 6.48. The molecule has 1 N–H and O–H groups in total. The average Bonchev–Trinajstić information content (AvgIpc) is 3.26. The van der Waals surface area contributed by atoms with Gasteiger partial charge in [-0.25, -0.2) is 5.43 Å². The van der Waals surface area contributed by atoms with Crippen molar-refractivity contribution in [2.45, 2.75) is 12.1 Å². The molecule has 0 unspecified atom stereocenters. The molecule has 9 heteroatoms. The Kier molecular flexibility index (Phi) is 7.59. The molecule has 0 aliphatic heterocycles. The van der Waals surface area contributed by atoms with Gasteiger partial charge in [0.2, 0.25) is 0 Å². The van der Waals surface area contributed by atoms with Gasteiger partial charge in [0.05, 0.1) is 11.5 Å². The molecule has 0 saturated heterocycles. The number of aromatic nitrogens is 3. The van der Waals surface area contributed by atoms with Gasteiger partial charge in [0.1, 0.15) is 0 Å². The van der Waals surface area contributed by atoms with Gasteiger partial charge in [-0.1, -0.05) is 87.8 Å². The monoisotopic (exact) mass is 539 g/mol. The van der Waals surface area contributed by atoms with Gasteiger partial charge >= 0.3 is 0 Å². The number of hydrazone groups is 1. The minimum atomic E-state index is -0.252. The Morgan fingerprint density at radius 2 is 1.73 bits per heavy atom. The number of rotatable bonds is 7. The summed E-state index contributed by atoms with van der Waals surface area (Å²) in [6.45, 7) is 1.80. The Labute approximate surface area is 209 Å². The quantitative estimate of drug-likeness (QED) is 0.178. The van der Waals surface area contributed by atoms with Crippen LogP contribution < -0.4 is 5.43 Å². The number of carbonyl (C=O) groups is 1. The zero-order valence-corrected chi connectivity index (χ0v) is 20.7. The molecule has 0 radical (unpaired) electrons. The molecule has 4 aromatic rings. The lowest BCUT2D eigenvalue weighted by atomic mass is 10.1. The smallest absolute Gasteiger partial charge is 0.250 e. The summed E-state index contributed by atoms with van der Waals surface area (Å²) < 4.78 is 2.92. The second-order valence-electron chi connectivity index (χ2n) is 6.98. The summed E-state index contributed by atoms with van der Waals surface area (Å²) in [4.78, 5) is 12.5. The van der Waals surface area contributed by atoms with Crippen molar-refractivity contribution in [2.75, 3.05) is 5.75 Å². The first kappa shape index (κ1) is 23.2. The van der Waals surface area contributed by atoms with E-state index >= 15 is 0 Å². The fourth-order valence-electron chi connectivity index (χ4n) is 3.08. The Bertz CT molecular complexity index is 1290. The summed E-state index contributed by atoms with van der Waals surface area (Å²) >= 11 is 11.0. The molecule has 3 aromatic carbocycles. The first-order valence-corrected chi connectivity index (χ1v) is 12.2. The van der Waals surface area contributed by atoms with Gasteiger partial charge in [0.25, 0.3) is 5.91 Å². The number of amides is 1. The zero-order valence-electron chi connectivity index (χ0n) is 17.6. The highest BCUT2D eigenvalue weighted by Crippen LogP contribution is 2.28. The van der Waals surface area contributed by atoms with E-state index in [1.165, 1.54) is 11.8 Å². The van der Waals surface area contributed by atoms with Crippen molar-refractivity contribution in [3.8, 4) is 17.1 Å². The molecule has 0 aliphatic rings. The molecule has 1 aromatic heterocycles. The highest BCUT2D eigenvalue weighted by molar-refractivity contribution is 9.10. The van der Waals surface area contributed by atoms with Crippen LogP contribution in [0.15, 0.2) is 93.6 Å². The van der Waals surface area contributed by atoms with E-state index in [0.29, 0.717) is 21.7 Å². The number of nitrogens with zero attached hydrogens (tertiary/aromatic N) is 4. The van der Waals surface area contributed by atoms with Crippen LogP contribution in [0.2, 0.25) is 5.02 Å². The standard InChI is InChI=1S/C24H19BrClN5OS/c1-16(20-9-5-6-10-21(20)26)27-28-22(32)15-33-24-30-29-23(17-7-3-2-4-8-17)31(24)19-13-11-18(25)12-14-19/h2-14H,15H2,1H3,(H,28,32)/b27-16+. The largest absolute Gasteiger partial charge is 0.272 e. The fraction of sp³-hybridized carbons (Fsp3) is 0.0833. The van der Waals surface area contributed by atoms with E-state index < -0.39 is 0 Å². The first-order valence-electron chi connectivity index (χ1n) is 10.0. The average molecular weight is 541 g/mol. The van der Waals surface area contributed by atoms with Gasteiger partial charge in [-0.3, -0.25) is 9.36 Å². The lowest BCUT2D eigenvalue weighted by Crippen LogP contribution is -2.21. The number of benzene rings is 3. The van der Waals surface area contributed by atoms with Crippen molar-refractivity contribution in [3.05, 3.63) is 93.9 Å². The molecule has 0 aliphatic carbocycles. The fourth-order valence-corrected chi connectivity index (χ4v) is 4.37. The molecule has 0 bridgehead atoms. The summed E-state index contributed by atoms with van der Waals surface area (Å²) in [7, 11) is 0. The first-order chi connectivity index (χ1) is 16.0. The maximum absolute atomic E-state index is 12.5. The summed E-state index contributed by atoms with van der Waals surface area (Å²) in [6.07, 6.45) is 0. The van der Waals surface area contributed by atoms with Gasteiger partial charge in [0.15, 0.2) is 11.0 Å². The molecule has 0 fully saturated rings. The second kappa shape index (κ2) is 10.8. The Morgan fingerprint density at radius 3 is 2.45 bits per heavy atom. The number of halogens is 2. The van der Waals surface area contributed by atoms with Gasteiger partial charge in [0, 0.05) is 26.3 Å². The topological polar surface area (TPSA) is 72.2 Å². The summed E-state index contributed by atoms with van der Waals surface area (Å²) in [5, 5.41) is 14.1. The Hall–Kier alpha value is -2.94. The summed E-state index contributed by atoms with van der Waals surface area (Å²) in [5.74, 6) is 0.578. The number of hydrogen-bond donors (Lipinski definition) is 1. The van der Waals surface area contributed by atoms with Gasteiger partial charge in [-0.2, -0.15) is 5.10 Å². The molecular weight excluding hydrogens is 522 g/mol. The predicted molar refractivity (Wildman–Crippen MR) is 137 cm³/mol. The number of thioether (sulfide) groups is 1. The van der Waals surface area contributed by atoms with Gasteiger partial charge in [-0.05, 0) is 37.3 Å². The van der Waals surface area contributed by atoms with Crippen molar-refractivity contribution in [1.29, 1.82) is 0 Å². The molecule has 1 amide bonds. The van der Waals surface area contributed by atoms with Crippen LogP contribution in [0.3, 0.4) is 0 Å². The van der Waals surface area contributed by atoms with Crippen molar-refractivity contribution in [3.63, 3.8) is 0 Å². The van der Waals surface area contributed by atoms with Crippen LogP contribution in [0.4, 0.5) is 0 Å². The number of hydrogen-bond acceptors (Lipinski definition) is 5. The number of nitrogens with one attached hydrogen (secondary N) is 1.